The van der Waals surface area contributed by atoms with Crippen molar-refractivity contribution in [1.82, 2.24) is 29.9 Å². The number of benzene rings is 1. The molecule has 3 heterocycles. The van der Waals surface area contributed by atoms with Crippen molar-refractivity contribution in [2.24, 2.45) is 0 Å². The average molecular weight is 490 g/mol. The van der Waals surface area contributed by atoms with Crippen LogP contribution in [0.25, 0.3) is 22.4 Å². The number of nitrogens with two attached hydrogens (primary N) is 1. The highest BCUT2D eigenvalue weighted by Gasteiger charge is 2.34. The van der Waals surface area contributed by atoms with Crippen LogP contribution in [0.1, 0.15) is 49.9 Å². The van der Waals surface area contributed by atoms with Crippen LogP contribution in [-0.2, 0) is 23.5 Å². The summed E-state index contributed by atoms with van der Waals surface area (Å²) < 4.78 is 12.9. The Morgan fingerprint density at radius 3 is 2.72 bits per heavy atom. The van der Waals surface area contributed by atoms with Gasteiger partial charge in [-0.3, -0.25) is 4.98 Å². The second kappa shape index (κ2) is 10.5. The lowest BCUT2D eigenvalue weighted by Gasteiger charge is -2.21. The Hall–Kier alpha value is -3.63. The van der Waals surface area contributed by atoms with Gasteiger partial charge in [0.15, 0.2) is 11.2 Å². The molecule has 3 N–H and O–H groups in total. The summed E-state index contributed by atoms with van der Waals surface area (Å²) in [4.78, 5) is 13.4. The number of fused-ring (bicyclic) bond motifs is 1. The van der Waals surface area contributed by atoms with E-state index in [0.717, 1.165) is 61.2 Å². The van der Waals surface area contributed by atoms with Crippen molar-refractivity contribution >= 4 is 17.1 Å². The zero-order valence-corrected chi connectivity index (χ0v) is 20.4. The third-order valence-electron chi connectivity index (χ3n) is 6.60. The maximum atomic E-state index is 10.8. The lowest BCUT2D eigenvalue weighted by molar-refractivity contribution is 0.0390. The van der Waals surface area contributed by atoms with E-state index in [1.165, 1.54) is 0 Å². The van der Waals surface area contributed by atoms with Crippen LogP contribution in [0.4, 0.5) is 5.95 Å². The van der Waals surface area contributed by atoms with Gasteiger partial charge in [0, 0.05) is 18.7 Å². The molecule has 188 valence electrons. The first kappa shape index (κ1) is 24.1. The number of nitrogen functional groups attached to an aromatic ring is 1. The lowest BCUT2D eigenvalue weighted by Crippen LogP contribution is -2.23. The minimum absolute atomic E-state index is 0.171. The van der Waals surface area contributed by atoms with Gasteiger partial charge in [0.2, 0.25) is 5.95 Å². The van der Waals surface area contributed by atoms with Crippen molar-refractivity contribution in [3.63, 3.8) is 0 Å². The van der Waals surface area contributed by atoms with Crippen LogP contribution >= 0.6 is 0 Å². The SMILES string of the molecule is COc1cccc(-c2nc(N)nc3c2nnn3CCCCOCc2cccc(C3(O)CCCC3)n2)c1. The minimum atomic E-state index is -0.782. The fourth-order valence-corrected chi connectivity index (χ4v) is 4.67. The molecule has 1 fully saturated rings. The summed E-state index contributed by atoms with van der Waals surface area (Å²) in [6, 6.07) is 13.4. The zero-order chi connectivity index (χ0) is 25.0. The quantitative estimate of drug-likeness (QED) is 0.320. The van der Waals surface area contributed by atoms with Gasteiger partial charge in [-0.05, 0) is 49.9 Å². The average Bonchev–Trinajstić information content (AvgIpc) is 3.53. The Morgan fingerprint density at radius 1 is 1.06 bits per heavy atom. The van der Waals surface area contributed by atoms with E-state index < -0.39 is 5.60 Å². The highest BCUT2D eigenvalue weighted by Crippen LogP contribution is 2.37. The number of methoxy groups -OCH3 is 1. The van der Waals surface area contributed by atoms with Crippen LogP contribution < -0.4 is 10.5 Å². The van der Waals surface area contributed by atoms with Crippen molar-refractivity contribution in [3.05, 3.63) is 53.9 Å². The van der Waals surface area contributed by atoms with Crippen molar-refractivity contribution < 1.29 is 14.6 Å². The van der Waals surface area contributed by atoms with Crippen LogP contribution in [-0.4, -0.2) is 48.8 Å². The number of aromatic nitrogens is 6. The molecule has 10 nitrogen and oxygen atoms in total. The number of rotatable bonds is 10. The van der Waals surface area contributed by atoms with E-state index in [1.54, 1.807) is 11.8 Å². The van der Waals surface area contributed by atoms with E-state index in [0.29, 0.717) is 36.6 Å². The fraction of sp³-hybridized carbons (Fsp3) is 0.423. The van der Waals surface area contributed by atoms with Crippen LogP contribution in [0.3, 0.4) is 0 Å². The maximum Gasteiger partial charge on any atom is 0.222 e. The highest BCUT2D eigenvalue weighted by molar-refractivity contribution is 5.87. The molecule has 1 aliphatic rings. The number of anilines is 1. The zero-order valence-electron chi connectivity index (χ0n) is 20.4. The van der Waals surface area contributed by atoms with Gasteiger partial charge in [0.1, 0.15) is 17.0 Å². The first-order valence-electron chi connectivity index (χ1n) is 12.3. The summed E-state index contributed by atoms with van der Waals surface area (Å²) in [5.41, 5.74) is 9.49. The Balaban J connectivity index is 1.16. The van der Waals surface area contributed by atoms with Crippen molar-refractivity contribution in [1.29, 1.82) is 0 Å². The van der Waals surface area contributed by atoms with Gasteiger partial charge in [-0.15, -0.1) is 5.10 Å². The molecule has 4 aromatic rings. The molecule has 1 saturated carbocycles. The van der Waals surface area contributed by atoms with Crippen molar-refractivity contribution in [2.45, 2.75) is 57.3 Å². The molecule has 36 heavy (non-hydrogen) atoms. The lowest BCUT2D eigenvalue weighted by atomic mass is 9.97. The minimum Gasteiger partial charge on any atom is -0.497 e. The monoisotopic (exact) mass is 489 g/mol. The third kappa shape index (κ3) is 5.14. The molecule has 0 atom stereocenters. The summed E-state index contributed by atoms with van der Waals surface area (Å²) in [6.07, 6.45) is 5.32. The summed E-state index contributed by atoms with van der Waals surface area (Å²) in [6.45, 7) is 1.65. The van der Waals surface area contributed by atoms with E-state index in [9.17, 15) is 5.11 Å². The topological polar surface area (TPSA) is 134 Å². The van der Waals surface area contributed by atoms with E-state index in [-0.39, 0.29) is 5.95 Å². The first-order valence-corrected chi connectivity index (χ1v) is 12.3. The number of nitrogens with zero attached hydrogens (tertiary/aromatic N) is 6. The number of aryl methyl sites for hydroxylation is 1. The summed E-state index contributed by atoms with van der Waals surface area (Å²) >= 11 is 0. The molecule has 1 aromatic carbocycles. The van der Waals surface area contributed by atoms with E-state index >= 15 is 0 Å². The molecule has 1 aliphatic carbocycles. The van der Waals surface area contributed by atoms with Gasteiger partial charge in [0.05, 0.1) is 25.1 Å². The summed E-state index contributed by atoms with van der Waals surface area (Å²) in [5.74, 6) is 0.894. The Labute approximate surface area is 209 Å². The molecule has 3 aromatic heterocycles. The first-order chi connectivity index (χ1) is 17.6. The van der Waals surface area contributed by atoms with E-state index in [4.69, 9.17) is 15.2 Å². The third-order valence-corrected chi connectivity index (χ3v) is 6.60. The standard InChI is InChI=1S/C26H31N7O3/c1-35-20-10-6-8-18(16-20)22-23-24(30-25(27)29-22)33(32-31-23)14-4-5-15-36-17-19-9-7-11-21(28-19)26(34)12-2-3-13-26/h6-11,16,34H,2-5,12-15,17H2,1H3,(H2,27,29,30). The summed E-state index contributed by atoms with van der Waals surface area (Å²) in [7, 11) is 1.62. The van der Waals surface area contributed by atoms with Gasteiger partial charge in [-0.25, -0.2) is 9.67 Å². The van der Waals surface area contributed by atoms with E-state index in [1.807, 2.05) is 42.5 Å². The molecule has 0 spiro atoms. The highest BCUT2D eigenvalue weighted by atomic mass is 16.5. The second-order valence-corrected chi connectivity index (χ2v) is 9.16. The predicted octanol–water partition coefficient (Wildman–Crippen LogP) is 3.63. The van der Waals surface area contributed by atoms with Gasteiger partial charge in [-0.2, -0.15) is 4.98 Å². The van der Waals surface area contributed by atoms with Crippen LogP contribution in [0.2, 0.25) is 0 Å². The Morgan fingerprint density at radius 2 is 1.89 bits per heavy atom. The Kier molecular flexibility index (Phi) is 7.06. The molecule has 0 amide bonds. The maximum absolute atomic E-state index is 10.8. The van der Waals surface area contributed by atoms with Gasteiger partial charge < -0.3 is 20.3 Å². The fourth-order valence-electron chi connectivity index (χ4n) is 4.67. The van der Waals surface area contributed by atoms with Crippen LogP contribution in [0, 0.1) is 0 Å². The molecular formula is C26H31N7O3. The molecule has 0 saturated heterocycles. The normalized spacial score (nSPS) is 14.9. The smallest absolute Gasteiger partial charge is 0.222 e. The second-order valence-electron chi connectivity index (χ2n) is 9.16. The Bertz CT molecular complexity index is 1330. The predicted molar refractivity (Wildman–Crippen MR) is 135 cm³/mol. The number of hydrogen-bond donors (Lipinski definition) is 2. The number of unbranched alkanes of at least 4 members (excludes halogenated alkanes) is 1. The van der Waals surface area contributed by atoms with E-state index in [2.05, 4.69) is 25.3 Å². The van der Waals surface area contributed by atoms with Crippen molar-refractivity contribution in [2.75, 3.05) is 19.5 Å². The molecule has 0 aliphatic heterocycles. The number of hydrogen-bond acceptors (Lipinski definition) is 9. The molecule has 5 rings (SSSR count). The molecule has 10 heteroatoms. The van der Waals surface area contributed by atoms with Gasteiger partial charge in [-0.1, -0.05) is 36.3 Å². The molecule has 0 radical (unpaired) electrons. The molecule has 0 unspecified atom stereocenters. The largest absolute Gasteiger partial charge is 0.497 e. The van der Waals surface area contributed by atoms with Crippen LogP contribution in [0.15, 0.2) is 42.5 Å². The van der Waals surface area contributed by atoms with Gasteiger partial charge >= 0.3 is 0 Å². The number of ether oxygens (including phenoxy) is 2. The molecule has 0 bridgehead atoms. The van der Waals surface area contributed by atoms with Gasteiger partial charge in [0.25, 0.3) is 0 Å². The van der Waals surface area contributed by atoms with Crippen LogP contribution in [0.5, 0.6) is 5.75 Å². The number of pyridine rings is 1. The van der Waals surface area contributed by atoms with Crippen molar-refractivity contribution in [3.8, 4) is 17.0 Å². The summed E-state index contributed by atoms with van der Waals surface area (Å²) in [5, 5.41) is 19.4. The number of aliphatic hydroxyl groups is 1. The molecular weight excluding hydrogens is 458 g/mol.